The van der Waals surface area contributed by atoms with E-state index < -0.39 is 0 Å². The van der Waals surface area contributed by atoms with E-state index in [1.807, 2.05) is 17.0 Å². The molecule has 0 spiro atoms. The minimum Gasteiger partial charge on any atom is -0.497 e. The first-order valence-electron chi connectivity index (χ1n) is 8.56. The summed E-state index contributed by atoms with van der Waals surface area (Å²) >= 11 is 0. The van der Waals surface area contributed by atoms with Crippen LogP contribution in [0.15, 0.2) is 48.5 Å². The summed E-state index contributed by atoms with van der Waals surface area (Å²) in [5.74, 6) is 0.388. The third-order valence-corrected chi connectivity index (χ3v) is 4.51. The lowest BCUT2D eigenvalue weighted by Gasteiger charge is -2.22. The molecule has 0 aliphatic carbocycles. The first-order chi connectivity index (χ1) is 12.2. The van der Waals surface area contributed by atoms with Crippen LogP contribution < -0.4 is 4.74 Å². The highest BCUT2D eigenvalue weighted by Gasteiger charge is 2.20. The zero-order valence-corrected chi connectivity index (χ0v) is 14.5. The van der Waals surface area contributed by atoms with Crippen molar-refractivity contribution < 1.29 is 13.9 Å². The van der Waals surface area contributed by atoms with Gasteiger partial charge in [0.2, 0.25) is 0 Å². The van der Waals surface area contributed by atoms with E-state index in [0.29, 0.717) is 18.7 Å². The van der Waals surface area contributed by atoms with Gasteiger partial charge >= 0.3 is 0 Å². The smallest absolute Gasteiger partial charge is 0.254 e. The predicted molar refractivity (Wildman–Crippen MR) is 95.2 cm³/mol. The second-order valence-electron chi connectivity index (χ2n) is 6.28. The van der Waals surface area contributed by atoms with E-state index >= 15 is 0 Å². The minimum atomic E-state index is -0.373. The Morgan fingerprint density at radius 2 is 1.88 bits per heavy atom. The molecule has 1 amide bonds. The van der Waals surface area contributed by atoms with Crippen molar-refractivity contribution in [2.24, 2.45) is 0 Å². The van der Waals surface area contributed by atoms with Crippen LogP contribution in [-0.4, -0.2) is 49.0 Å². The molecule has 0 unspecified atom stereocenters. The van der Waals surface area contributed by atoms with Gasteiger partial charge in [-0.25, -0.2) is 4.39 Å². The van der Waals surface area contributed by atoms with E-state index in [9.17, 15) is 9.18 Å². The lowest BCUT2D eigenvalue weighted by molar-refractivity contribution is 0.0760. The number of carbonyl (C=O) groups excluding carboxylic acids is 1. The van der Waals surface area contributed by atoms with Gasteiger partial charge in [-0.05, 0) is 42.3 Å². The van der Waals surface area contributed by atoms with Crippen molar-refractivity contribution in [3.8, 4) is 5.75 Å². The quantitative estimate of drug-likeness (QED) is 0.855. The number of methoxy groups -OCH3 is 1. The molecule has 0 radical (unpaired) electrons. The molecule has 0 saturated carbocycles. The first-order valence-corrected chi connectivity index (χ1v) is 8.56. The molecule has 4 nitrogen and oxygen atoms in total. The van der Waals surface area contributed by atoms with Crippen molar-refractivity contribution in [3.05, 3.63) is 65.5 Å². The molecule has 2 aromatic rings. The van der Waals surface area contributed by atoms with Gasteiger partial charge in [-0.3, -0.25) is 9.69 Å². The van der Waals surface area contributed by atoms with E-state index in [1.54, 1.807) is 19.2 Å². The van der Waals surface area contributed by atoms with Crippen molar-refractivity contribution in [2.45, 2.75) is 13.0 Å². The van der Waals surface area contributed by atoms with Crippen LogP contribution in [0.5, 0.6) is 5.75 Å². The van der Waals surface area contributed by atoms with E-state index in [1.165, 1.54) is 17.7 Å². The number of halogens is 1. The summed E-state index contributed by atoms with van der Waals surface area (Å²) in [7, 11) is 1.66. The Hall–Kier alpha value is -2.40. The van der Waals surface area contributed by atoms with Crippen LogP contribution in [0.25, 0.3) is 0 Å². The van der Waals surface area contributed by atoms with Gasteiger partial charge in [0.05, 0.1) is 7.11 Å². The molecular weight excluding hydrogens is 319 g/mol. The maximum absolute atomic E-state index is 13.3. The van der Waals surface area contributed by atoms with Gasteiger partial charge in [-0.2, -0.15) is 0 Å². The Bertz CT molecular complexity index is 718. The molecule has 1 saturated heterocycles. The van der Waals surface area contributed by atoms with E-state index in [0.717, 1.165) is 31.8 Å². The summed E-state index contributed by atoms with van der Waals surface area (Å²) in [4.78, 5) is 16.7. The third-order valence-electron chi connectivity index (χ3n) is 4.51. The van der Waals surface area contributed by atoms with E-state index in [2.05, 4.69) is 17.0 Å². The molecule has 2 aromatic carbocycles. The summed E-state index contributed by atoms with van der Waals surface area (Å²) in [5, 5.41) is 0. The van der Waals surface area contributed by atoms with Gasteiger partial charge < -0.3 is 9.64 Å². The fourth-order valence-electron chi connectivity index (χ4n) is 3.13. The van der Waals surface area contributed by atoms with Crippen LogP contribution in [0.4, 0.5) is 4.39 Å². The van der Waals surface area contributed by atoms with E-state index in [-0.39, 0.29) is 11.7 Å². The molecule has 3 rings (SSSR count). The van der Waals surface area contributed by atoms with Crippen LogP contribution in [-0.2, 0) is 6.54 Å². The van der Waals surface area contributed by atoms with Gasteiger partial charge in [0, 0.05) is 38.3 Å². The van der Waals surface area contributed by atoms with Crippen molar-refractivity contribution in [3.63, 3.8) is 0 Å². The van der Waals surface area contributed by atoms with Gasteiger partial charge in [0.15, 0.2) is 0 Å². The molecule has 1 fully saturated rings. The van der Waals surface area contributed by atoms with Crippen LogP contribution in [0.3, 0.4) is 0 Å². The Labute approximate surface area is 147 Å². The third kappa shape index (κ3) is 4.57. The molecule has 0 atom stereocenters. The SMILES string of the molecule is COc1ccc(CN2CCCN(C(=O)c3cccc(F)c3)CC2)cc1. The largest absolute Gasteiger partial charge is 0.497 e. The second kappa shape index (κ2) is 8.12. The topological polar surface area (TPSA) is 32.8 Å². The molecule has 1 aliphatic heterocycles. The van der Waals surface area contributed by atoms with Crippen LogP contribution in [0, 0.1) is 5.82 Å². The average molecular weight is 342 g/mol. The second-order valence-corrected chi connectivity index (χ2v) is 6.28. The Kier molecular flexibility index (Phi) is 5.66. The van der Waals surface area contributed by atoms with Crippen molar-refractivity contribution in [2.75, 3.05) is 33.3 Å². The summed E-state index contributed by atoms with van der Waals surface area (Å²) in [6.07, 6.45) is 0.914. The molecule has 0 N–H and O–H groups in total. The first kappa shape index (κ1) is 17.4. The molecule has 0 aromatic heterocycles. The zero-order valence-electron chi connectivity index (χ0n) is 14.5. The molecule has 25 heavy (non-hydrogen) atoms. The lowest BCUT2D eigenvalue weighted by atomic mass is 10.2. The maximum Gasteiger partial charge on any atom is 0.254 e. The Balaban J connectivity index is 1.59. The predicted octanol–water partition coefficient (Wildman–Crippen LogP) is 3.18. The number of hydrogen-bond donors (Lipinski definition) is 0. The molecule has 132 valence electrons. The Morgan fingerprint density at radius 3 is 2.60 bits per heavy atom. The normalized spacial score (nSPS) is 15.7. The standard InChI is InChI=1S/C20H23FN2O2/c1-25-19-8-6-16(7-9-19)15-22-10-3-11-23(13-12-22)20(24)17-4-2-5-18(21)14-17/h2,4-9,14H,3,10-13,15H2,1H3. The van der Waals surface area contributed by atoms with Gasteiger partial charge in [-0.15, -0.1) is 0 Å². The number of rotatable bonds is 4. The highest BCUT2D eigenvalue weighted by Crippen LogP contribution is 2.15. The zero-order chi connectivity index (χ0) is 17.6. The van der Waals surface area contributed by atoms with Crippen molar-refractivity contribution in [1.82, 2.24) is 9.80 Å². The fourth-order valence-corrected chi connectivity index (χ4v) is 3.13. The average Bonchev–Trinajstić information content (AvgIpc) is 2.87. The molecule has 0 bridgehead atoms. The minimum absolute atomic E-state index is 0.0919. The summed E-state index contributed by atoms with van der Waals surface area (Å²) in [6, 6.07) is 14.0. The molecular formula is C20H23FN2O2. The number of nitrogens with zero attached hydrogens (tertiary/aromatic N) is 2. The molecule has 1 heterocycles. The van der Waals surface area contributed by atoms with Crippen molar-refractivity contribution >= 4 is 5.91 Å². The highest BCUT2D eigenvalue weighted by atomic mass is 19.1. The summed E-state index contributed by atoms with van der Waals surface area (Å²) in [6.45, 7) is 3.97. The highest BCUT2D eigenvalue weighted by molar-refractivity contribution is 5.94. The Morgan fingerprint density at radius 1 is 1.08 bits per heavy atom. The van der Waals surface area contributed by atoms with Crippen LogP contribution in [0.2, 0.25) is 0 Å². The lowest BCUT2D eigenvalue weighted by Crippen LogP contribution is -2.35. The number of carbonyl (C=O) groups is 1. The van der Waals surface area contributed by atoms with Gasteiger partial charge in [-0.1, -0.05) is 18.2 Å². The monoisotopic (exact) mass is 342 g/mol. The van der Waals surface area contributed by atoms with Crippen LogP contribution >= 0.6 is 0 Å². The number of hydrogen-bond acceptors (Lipinski definition) is 3. The summed E-state index contributed by atoms with van der Waals surface area (Å²) in [5.41, 5.74) is 1.65. The van der Waals surface area contributed by atoms with Gasteiger partial charge in [0.1, 0.15) is 11.6 Å². The number of benzene rings is 2. The van der Waals surface area contributed by atoms with Crippen molar-refractivity contribution in [1.29, 1.82) is 0 Å². The fraction of sp³-hybridized carbons (Fsp3) is 0.350. The maximum atomic E-state index is 13.3. The number of ether oxygens (including phenoxy) is 1. The van der Waals surface area contributed by atoms with E-state index in [4.69, 9.17) is 4.74 Å². The molecule has 1 aliphatic rings. The molecule has 5 heteroatoms. The van der Waals surface area contributed by atoms with Gasteiger partial charge in [0.25, 0.3) is 5.91 Å². The summed E-state index contributed by atoms with van der Waals surface area (Å²) < 4.78 is 18.5. The number of amides is 1. The van der Waals surface area contributed by atoms with Crippen LogP contribution in [0.1, 0.15) is 22.3 Å².